The van der Waals surface area contributed by atoms with Crippen LogP contribution >= 0.6 is 0 Å². The van der Waals surface area contributed by atoms with E-state index in [-0.39, 0.29) is 19.4 Å². The third-order valence-corrected chi connectivity index (χ3v) is 3.50. The van der Waals surface area contributed by atoms with Crippen molar-refractivity contribution in [1.29, 1.82) is 0 Å². The van der Waals surface area contributed by atoms with Crippen LogP contribution in [-0.4, -0.2) is 39.3 Å². The van der Waals surface area contributed by atoms with Gasteiger partial charge in [-0.05, 0) is 30.5 Å². The van der Waals surface area contributed by atoms with Crippen molar-refractivity contribution < 1.29 is 24.2 Å². The van der Waals surface area contributed by atoms with Crippen molar-refractivity contribution in [1.82, 2.24) is 4.90 Å². The number of carboxylic acids is 1. The van der Waals surface area contributed by atoms with Crippen LogP contribution in [0.2, 0.25) is 0 Å². The molecule has 1 atom stereocenters. The number of amides is 1. The summed E-state index contributed by atoms with van der Waals surface area (Å²) in [7, 11) is 0. The fourth-order valence-corrected chi connectivity index (χ4v) is 2.62. The van der Waals surface area contributed by atoms with E-state index in [0.29, 0.717) is 12.0 Å². The van der Waals surface area contributed by atoms with E-state index in [1.807, 2.05) is 0 Å². The molecule has 1 aliphatic rings. The first-order valence-corrected chi connectivity index (χ1v) is 5.94. The van der Waals surface area contributed by atoms with Gasteiger partial charge in [0.2, 0.25) is 0 Å². The summed E-state index contributed by atoms with van der Waals surface area (Å²) in [5, 5.41) is 18.5. The summed E-state index contributed by atoms with van der Waals surface area (Å²) in [6.07, 6.45) is -0.540. The molecule has 0 aromatic heterocycles. The van der Waals surface area contributed by atoms with Crippen LogP contribution < -0.4 is 0 Å². The molecule has 1 amide bonds. The van der Waals surface area contributed by atoms with E-state index < -0.39 is 23.4 Å². The highest BCUT2D eigenvalue weighted by Gasteiger charge is 2.50. The minimum absolute atomic E-state index is 0.0214. The van der Waals surface area contributed by atoms with Gasteiger partial charge in [-0.25, -0.2) is 14.0 Å². The van der Waals surface area contributed by atoms with Crippen molar-refractivity contribution in [3.63, 3.8) is 0 Å². The van der Waals surface area contributed by atoms with Crippen LogP contribution in [-0.2, 0) is 11.2 Å². The van der Waals surface area contributed by atoms with Gasteiger partial charge in [-0.2, -0.15) is 0 Å². The average molecular weight is 267 g/mol. The van der Waals surface area contributed by atoms with Gasteiger partial charge in [0, 0.05) is 13.0 Å². The fourth-order valence-electron chi connectivity index (χ4n) is 2.62. The molecule has 0 saturated carbocycles. The van der Waals surface area contributed by atoms with Crippen LogP contribution in [0.25, 0.3) is 0 Å². The van der Waals surface area contributed by atoms with Gasteiger partial charge < -0.3 is 10.2 Å². The molecule has 0 aliphatic carbocycles. The van der Waals surface area contributed by atoms with Crippen LogP contribution in [0.1, 0.15) is 18.4 Å². The minimum atomic E-state index is -1.49. The number of carboxylic acid groups (broad SMARTS) is 2. The average Bonchev–Trinajstić information content (AvgIpc) is 2.74. The molecule has 102 valence electrons. The zero-order valence-electron chi connectivity index (χ0n) is 10.2. The fraction of sp³-hybridized carbons (Fsp3) is 0.385. The molecule has 0 bridgehead atoms. The van der Waals surface area contributed by atoms with Gasteiger partial charge in [0.15, 0.2) is 0 Å². The lowest BCUT2D eigenvalue weighted by Gasteiger charge is -2.32. The Morgan fingerprint density at radius 3 is 2.68 bits per heavy atom. The molecule has 2 N–H and O–H groups in total. The van der Waals surface area contributed by atoms with Gasteiger partial charge in [-0.15, -0.1) is 0 Å². The van der Waals surface area contributed by atoms with Gasteiger partial charge >= 0.3 is 12.1 Å². The van der Waals surface area contributed by atoms with Crippen molar-refractivity contribution >= 4 is 12.1 Å². The van der Waals surface area contributed by atoms with E-state index in [1.54, 1.807) is 6.07 Å². The Bertz CT molecular complexity index is 519. The molecule has 1 heterocycles. The third-order valence-electron chi connectivity index (χ3n) is 3.50. The maximum absolute atomic E-state index is 13.1. The standard InChI is InChI=1S/C13H14FNO4/c14-10-4-1-3-9(7-10)8-13(11(16)17)5-2-6-15(13)12(18)19/h1,3-4,7H,2,5-6,8H2,(H,16,17)(H,18,19). The number of hydrogen-bond acceptors (Lipinski definition) is 2. The maximum Gasteiger partial charge on any atom is 0.408 e. The second kappa shape index (κ2) is 4.87. The summed E-state index contributed by atoms with van der Waals surface area (Å²) < 4.78 is 13.1. The lowest BCUT2D eigenvalue weighted by molar-refractivity contribution is -0.148. The summed E-state index contributed by atoms with van der Waals surface area (Å²) in [5.41, 5.74) is -1.00. The van der Waals surface area contributed by atoms with Crippen molar-refractivity contribution in [3.8, 4) is 0 Å². The van der Waals surface area contributed by atoms with Gasteiger partial charge in [0.1, 0.15) is 11.4 Å². The van der Waals surface area contributed by atoms with Crippen LogP contribution in [0.5, 0.6) is 0 Å². The topological polar surface area (TPSA) is 77.8 Å². The predicted octanol–water partition coefficient (Wildman–Crippen LogP) is 1.97. The largest absolute Gasteiger partial charge is 0.479 e. The first-order valence-electron chi connectivity index (χ1n) is 5.94. The van der Waals surface area contributed by atoms with Crippen LogP contribution in [0.3, 0.4) is 0 Å². The summed E-state index contributed by atoms with van der Waals surface area (Å²) in [6.45, 7) is 0.191. The molecule has 19 heavy (non-hydrogen) atoms. The van der Waals surface area contributed by atoms with E-state index in [1.165, 1.54) is 18.2 Å². The number of hydrogen-bond donors (Lipinski definition) is 2. The highest BCUT2D eigenvalue weighted by molar-refractivity contribution is 5.85. The maximum atomic E-state index is 13.1. The zero-order valence-corrected chi connectivity index (χ0v) is 10.2. The van der Waals surface area contributed by atoms with Crippen LogP contribution in [0, 0.1) is 5.82 Å². The molecule has 1 aromatic carbocycles. The molecule has 1 saturated heterocycles. The third kappa shape index (κ3) is 2.38. The monoisotopic (exact) mass is 267 g/mol. The lowest BCUT2D eigenvalue weighted by atomic mass is 9.88. The Morgan fingerprint density at radius 1 is 1.37 bits per heavy atom. The molecular weight excluding hydrogens is 253 g/mol. The molecule has 1 fully saturated rings. The minimum Gasteiger partial charge on any atom is -0.479 e. The first kappa shape index (κ1) is 13.3. The number of benzene rings is 1. The molecule has 1 aromatic rings. The predicted molar refractivity (Wildman–Crippen MR) is 64.4 cm³/mol. The van der Waals surface area contributed by atoms with Gasteiger partial charge in [-0.3, -0.25) is 4.90 Å². The number of likely N-dealkylation sites (tertiary alicyclic amines) is 1. The molecule has 1 aliphatic heterocycles. The number of halogens is 1. The van der Waals surface area contributed by atoms with Crippen molar-refractivity contribution in [3.05, 3.63) is 35.6 Å². The highest BCUT2D eigenvalue weighted by Crippen LogP contribution is 2.33. The van der Waals surface area contributed by atoms with Crippen molar-refractivity contribution in [2.24, 2.45) is 0 Å². The molecule has 6 heteroatoms. The van der Waals surface area contributed by atoms with Crippen molar-refractivity contribution in [2.45, 2.75) is 24.8 Å². The first-order chi connectivity index (χ1) is 8.95. The van der Waals surface area contributed by atoms with Crippen LogP contribution in [0.15, 0.2) is 24.3 Å². The number of rotatable bonds is 3. The molecular formula is C13H14FNO4. The normalized spacial score (nSPS) is 22.5. The van der Waals surface area contributed by atoms with Gasteiger partial charge in [-0.1, -0.05) is 12.1 Å². The molecule has 2 rings (SSSR count). The van der Waals surface area contributed by atoms with E-state index in [4.69, 9.17) is 5.11 Å². The quantitative estimate of drug-likeness (QED) is 0.877. The Hall–Kier alpha value is -2.11. The smallest absolute Gasteiger partial charge is 0.408 e. The number of aliphatic carboxylic acids is 1. The number of carbonyl (C=O) groups is 2. The second-order valence-electron chi connectivity index (χ2n) is 4.68. The SMILES string of the molecule is O=C(O)N1CCCC1(Cc1cccc(F)c1)C(=O)O. The second-order valence-corrected chi connectivity index (χ2v) is 4.68. The molecule has 1 unspecified atom stereocenters. The highest BCUT2D eigenvalue weighted by atomic mass is 19.1. The van der Waals surface area contributed by atoms with E-state index in [9.17, 15) is 19.1 Å². The van der Waals surface area contributed by atoms with Crippen molar-refractivity contribution in [2.75, 3.05) is 6.54 Å². The molecule has 0 radical (unpaired) electrons. The Labute approximate surface area is 109 Å². The number of nitrogens with zero attached hydrogens (tertiary/aromatic N) is 1. The van der Waals surface area contributed by atoms with Gasteiger partial charge in [0.25, 0.3) is 0 Å². The van der Waals surface area contributed by atoms with Crippen LogP contribution in [0.4, 0.5) is 9.18 Å². The lowest BCUT2D eigenvalue weighted by Crippen LogP contribution is -2.54. The Kier molecular flexibility index (Phi) is 3.42. The molecule has 5 nitrogen and oxygen atoms in total. The Morgan fingerprint density at radius 2 is 2.11 bits per heavy atom. The summed E-state index contributed by atoms with van der Waals surface area (Å²) in [4.78, 5) is 23.6. The zero-order chi connectivity index (χ0) is 14.0. The Balaban J connectivity index is 2.35. The van der Waals surface area contributed by atoms with E-state index in [2.05, 4.69) is 0 Å². The van der Waals surface area contributed by atoms with Gasteiger partial charge in [0.05, 0.1) is 0 Å². The van der Waals surface area contributed by atoms with E-state index in [0.717, 1.165) is 4.90 Å². The van der Waals surface area contributed by atoms with E-state index >= 15 is 0 Å². The summed E-state index contributed by atoms with van der Waals surface area (Å²) in [6, 6.07) is 5.59. The summed E-state index contributed by atoms with van der Waals surface area (Å²) in [5.74, 6) is -1.64. The molecule has 0 spiro atoms. The summed E-state index contributed by atoms with van der Waals surface area (Å²) >= 11 is 0.